The topological polar surface area (TPSA) is 175 Å². The van der Waals surface area contributed by atoms with Crippen LogP contribution < -0.4 is 31.9 Å². The van der Waals surface area contributed by atoms with Crippen molar-refractivity contribution in [3.8, 4) is 0 Å². The third-order valence-corrected chi connectivity index (χ3v) is 7.49. The van der Waals surface area contributed by atoms with E-state index in [1.165, 1.54) is 6.92 Å². The SMILES string of the molecule is CCCCCC(=O)N[C@@H]1CNC(=O)[C@@H](CC(C)C)NC(=O)[C@@H](C)NC(=O)[C@@H](CC(C)C)NC(=O)[C@@H](Cc2ccccc2)NC1=O. The van der Waals surface area contributed by atoms with Gasteiger partial charge in [-0.1, -0.05) is 77.8 Å². The van der Waals surface area contributed by atoms with Crippen molar-refractivity contribution in [1.82, 2.24) is 31.9 Å². The van der Waals surface area contributed by atoms with Crippen LogP contribution in [0.25, 0.3) is 0 Å². The molecule has 1 fully saturated rings. The lowest BCUT2D eigenvalue weighted by Crippen LogP contribution is -2.61. The second-order valence-electron chi connectivity index (χ2n) is 12.7. The molecule has 12 heteroatoms. The number of unbranched alkanes of at least 4 members (excludes halogenated alkanes) is 2. The van der Waals surface area contributed by atoms with Crippen LogP contribution in [0.1, 0.15) is 85.6 Å². The lowest BCUT2D eigenvalue weighted by molar-refractivity contribution is -0.136. The minimum atomic E-state index is -1.19. The predicted molar refractivity (Wildman–Crippen MR) is 172 cm³/mol. The van der Waals surface area contributed by atoms with Crippen molar-refractivity contribution in [2.24, 2.45) is 11.8 Å². The van der Waals surface area contributed by atoms with Crippen LogP contribution in [0.3, 0.4) is 0 Å². The zero-order valence-electron chi connectivity index (χ0n) is 27.5. The molecule has 45 heavy (non-hydrogen) atoms. The molecule has 1 aromatic rings. The number of benzene rings is 1. The first-order chi connectivity index (χ1) is 21.3. The quantitative estimate of drug-likeness (QED) is 0.202. The Kier molecular flexibility index (Phi) is 15.5. The molecule has 1 saturated heterocycles. The van der Waals surface area contributed by atoms with E-state index in [-0.39, 0.29) is 43.6 Å². The normalized spacial score (nSPS) is 23.9. The average molecular weight is 629 g/mol. The molecule has 1 aliphatic rings. The molecule has 2 rings (SSSR count). The summed E-state index contributed by atoms with van der Waals surface area (Å²) in [4.78, 5) is 80.0. The molecular formula is C33H52N6O6. The molecular weight excluding hydrogens is 576 g/mol. The largest absolute Gasteiger partial charge is 0.352 e. The molecule has 0 unspecified atom stereocenters. The predicted octanol–water partition coefficient (Wildman–Crippen LogP) is 1.48. The number of amides is 6. The summed E-state index contributed by atoms with van der Waals surface area (Å²) in [5, 5.41) is 16.3. The smallest absolute Gasteiger partial charge is 0.245 e. The summed E-state index contributed by atoms with van der Waals surface area (Å²) in [6.07, 6.45) is 3.32. The van der Waals surface area contributed by atoms with E-state index >= 15 is 0 Å². The molecule has 0 aromatic heterocycles. The summed E-state index contributed by atoms with van der Waals surface area (Å²) in [5.41, 5.74) is 0.771. The van der Waals surface area contributed by atoms with Gasteiger partial charge in [-0.3, -0.25) is 28.8 Å². The van der Waals surface area contributed by atoms with E-state index in [9.17, 15) is 28.8 Å². The van der Waals surface area contributed by atoms with Crippen molar-refractivity contribution in [2.45, 2.75) is 117 Å². The second kappa shape index (κ2) is 18.8. The Morgan fingerprint density at radius 1 is 0.756 bits per heavy atom. The summed E-state index contributed by atoms with van der Waals surface area (Å²) in [6, 6.07) is 3.90. The first-order valence-corrected chi connectivity index (χ1v) is 16.1. The standard InChI is InChI=1S/C33H52N6O6/c1-7-8-10-15-28(40)36-27-19-34-30(42)24(16-20(2)3)37-29(41)22(6)35-31(43)25(17-21(4)5)38-32(44)26(39-33(27)45)18-23-13-11-9-12-14-23/h9,11-14,20-22,24-27H,7-8,10,15-19H2,1-6H3,(H,34,42)(H,35,43)(H,36,40)(H,37,41)(H,38,44)(H,39,45)/t22-,24-,25-,26-,27-/m1/s1. The molecule has 6 N–H and O–H groups in total. The van der Waals surface area contributed by atoms with Crippen molar-refractivity contribution in [1.29, 1.82) is 0 Å². The molecule has 1 aliphatic heterocycles. The van der Waals surface area contributed by atoms with Crippen molar-refractivity contribution < 1.29 is 28.8 Å². The molecule has 6 amide bonds. The fraction of sp³-hybridized carbons (Fsp3) is 0.636. The van der Waals surface area contributed by atoms with Gasteiger partial charge in [0.15, 0.2) is 0 Å². The van der Waals surface area contributed by atoms with Gasteiger partial charge in [0, 0.05) is 19.4 Å². The fourth-order valence-electron chi connectivity index (χ4n) is 5.02. The molecule has 5 atom stereocenters. The van der Waals surface area contributed by atoms with E-state index in [4.69, 9.17) is 0 Å². The molecule has 1 heterocycles. The third kappa shape index (κ3) is 13.3. The summed E-state index contributed by atoms with van der Waals surface area (Å²) >= 11 is 0. The Balaban J connectivity index is 2.50. The van der Waals surface area contributed by atoms with Gasteiger partial charge in [0.05, 0.1) is 0 Å². The average Bonchev–Trinajstić information content (AvgIpc) is 2.97. The molecule has 0 bridgehead atoms. The first-order valence-electron chi connectivity index (χ1n) is 16.1. The summed E-state index contributed by atoms with van der Waals surface area (Å²) in [6.45, 7) is 10.9. The summed E-state index contributed by atoms with van der Waals surface area (Å²) < 4.78 is 0. The molecule has 0 radical (unpaired) electrons. The van der Waals surface area contributed by atoms with Gasteiger partial charge in [0.1, 0.15) is 30.2 Å². The van der Waals surface area contributed by atoms with Crippen LogP contribution in [0, 0.1) is 11.8 Å². The Hall–Kier alpha value is -3.96. The van der Waals surface area contributed by atoms with Crippen LogP contribution in [0.15, 0.2) is 30.3 Å². The maximum atomic E-state index is 13.7. The number of carbonyl (C=O) groups is 6. The Morgan fingerprint density at radius 3 is 1.91 bits per heavy atom. The van der Waals surface area contributed by atoms with Crippen molar-refractivity contribution in [2.75, 3.05) is 6.54 Å². The number of nitrogens with one attached hydrogen (secondary N) is 6. The molecule has 0 saturated carbocycles. The second-order valence-corrected chi connectivity index (χ2v) is 12.7. The molecule has 1 aromatic carbocycles. The monoisotopic (exact) mass is 628 g/mol. The zero-order chi connectivity index (χ0) is 33.5. The first kappa shape index (κ1) is 37.2. The van der Waals surface area contributed by atoms with Crippen LogP contribution in [0.2, 0.25) is 0 Å². The number of carbonyl (C=O) groups excluding carboxylic acids is 6. The number of rotatable bonds is 11. The molecule has 12 nitrogen and oxygen atoms in total. The minimum Gasteiger partial charge on any atom is -0.352 e. The van der Waals surface area contributed by atoms with E-state index in [1.807, 2.05) is 65.0 Å². The van der Waals surface area contributed by atoms with E-state index in [2.05, 4.69) is 31.9 Å². The van der Waals surface area contributed by atoms with E-state index < -0.39 is 59.7 Å². The van der Waals surface area contributed by atoms with Crippen LogP contribution in [-0.2, 0) is 35.2 Å². The van der Waals surface area contributed by atoms with Gasteiger partial charge < -0.3 is 31.9 Å². The Labute approximate surface area is 267 Å². The van der Waals surface area contributed by atoms with Gasteiger partial charge in [0.25, 0.3) is 0 Å². The highest BCUT2D eigenvalue weighted by molar-refractivity contribution is 5.97. The Bertz CT molecular complexity index is 1160. The lowest BCUT2D eigenvalue weighted by atomic mass is 10.00. The summed E-state index contributed by atoms with van der Waals surface area (Å²) in [7, 11) is 0. The maximum absolute atomic E-state index is 13.7. The van der Waals surface area contributed by atoms with Crippen molar-refractivity contribution in [3.05, 3.63) is 35.9 Å². The lowest BCUT2D eigenvalue weighted by Gasteiger charge is -2.28. The minimum absolute atomic E-state index is 0.0179. The molecule has 0 spiro atoms. The highest BCUT2D eigenvalue weighted by atomic mass is 16.2. The van der Waals surface area contributed by atoms with Crippen LogP contribution in [0.5, 0.6) is 0 Å². The number of hydrogen-bond acceptors (Lipinski definition) is 6. The van der Waals surface area contributed by atoms with Crippen LogP contribution in [-0.4, -0.2) is 72.2 Å². The number of hydrogen-bond donors (Lipinski definition) is 6. The highest BCUT2D eigenvalue weighted by Crippen LogP contribution is 2.10. The van der Waals surface area contributed by atoms with Gasteiger partial charge in [-0.2, -0.15) is 0 Å². The third-order valence-electron chi connectivity index (χ3n) is 7.49. The molecule has 0 aliphatic carbocycles. The highest BCUT2D eigenvalue weighted by Gasteiger charge is 2.33. The van der Waals surface area contributed by atoms with E-state index in [0.717, 1.165) is 18.4 Å². The zero-order valence-corrected chi connectivity index (χ0v) is 27.5. The van der Waals surface area contributed by atoms with Crippen molar-refractivity contribution >= 4 is 35.4 Å². The van der Waals surface area contributed by atoms with Crippen molar-refractivity contribution in [3.63, 3.8) is 0 Å². The van der Waals surface area contributed by atoms with Crippen LogP contribution >= 0.6 is 0 Å². The van der Waals surface area contributed by atoms with Gasteiger partial charge >= 0.3 is 0 Å². The molecule has 250 valence electrons. The van der Waals surface area contributed by atoms with Gasteiger partial charge in [-0.25, -0.2) is 0 Å². The summed E-state index contributed by atoms with van der Waals surface area (Å²) in [5.74, 6) is -3.20. The van der Waals surface area contributed by atoms with Crippen LogP contribution in [0.4, 0.5) is 0 Å². The van der Waals surface area contributed by atoms with E-state index in [0.29, 0.717) is 12.8 Å². The van der Waals surface area contributed by atoms with Gasteiger partial charge in [-0.15, -0.1) is 0 Å². The Morgan fingerprint density at radius 2 is 1.31 bits per heavy atom. The van der Waals surface area contributed by atoms with Gasteiger partial charge in [0.2, 0.25) is 35.4 Å². The maximum Gasteiger partial charge on any atom is 0.245 e. The van der Waals surface area contributed by atoms with E-state index in [1.54, 1.807) is 0 Å². The van der Waals surface area contributed by atoms with Gasteiger partial charge in [-0.05, 0) is 43.6 Å². The fourth-order valence-corrected chi connectivity index (χ4v) is 5.02.